The SMILES string of the molecule is COCCN(C)CCC[C@H](C(C)C)N1CC2(CCN(c3nc(Cl)nnc3Oc3ccc(F)cc3C(=O)N(C(C)C)C(C)C)C2)C1. The number of carbonyl (C=O) groups is 1. The van der Waals surface area contributed by atoms with E-state index in [1.165, 1.54) is 24.6 Å². The average Bonchev–Trinajstić information content (AvgIpc) is 3.40. The summed E-state index contributed by atoms with van der Waals surface area (Å²) in [6.07, 6.45) is 3.35. The Labute approximate surface area is 273 Å². The van der Waals surface area contributed by atoms with Crippen LogP contribution in [-0.4, -0.2) is 114 Å². The third-order valence-electron chi connectivity index (χ3n) is 9.11. The molecule has 0 unspecified atom stereocenters. The molecule has 1 spiro atoms. The van der Waals surface area contributed by atoms with E-state index in [0.29, 0.717) is 17.8 Å². The van der Waals surface area contributed by atoms with E-state index in [-0.39, 0.29) is 45.9 Å². The molecule has 12 heteroatoms. The normalized spacial score (nSPS) is 17.2. The Bertz CT molecular complexity index is 1280. The Morgan fingerprint density at radius 1 is 1.09 bits per heavy atom. The molecule has 2 saturated heterocycles. The van der Waals surface area contributed by atoms with Gasteiger partial charge in [0.1, 0.15) is 11.6 Å². The number of rotatable bonds is 15. The topological polar surface area (TPSA) is 87.2 Å². The van der Waals surface area contributed by atoms with E-state index >= 15 is 0 Å². The minimum atomic E-state index is -0.521. The number of halogens is 2. The van der Waals surface area contributed by atoms with E-state index in [2.05, 4.69) is 50.8 Å². The fraction of sp³-hybridized carbons (Fsp3) is 0.697. The lowest BCUT2D eigenvalue weighted by Crippen LogP contribution is -2.62. The van der Waals surface area contributed by atoms with Gasteiger partial charge >= 0.3 is 0 Å². The third-order valence-corrected chi connectivity index (χ3v) is 9.27. The van der Waals surface area contributed by atoms with Crippen molar-refractivity contribution in [1.82, 2.24) is 29.9 Å². The van der Waals surface area contributed by atoms with Crippen LogP contribution in [0, 0.1) is 17.2 Å². The maximum Gasteiger partial charge on any atom is 0.282 e. The van der Waals surface area contributed by atoms with Crippen molar-refractivity contribution in [3.05, 3.63) is 34.9 Å². The number of likely N-dealkylation sites (N-methyl/N-ethyl adjacent to an activating group) is 1. The highest BCUT2D eigenvalue weighted by Gasteiger charge is 2.50. The molecule has 45 heavy (non-hydrogen) atoms. The third kappa shape index (κ3) is 8.61. The number of amides is 1. The van der Waals surface area contributed by atoms with Gasteiger partial charge < -0.3 is 24.2 Å². The van der Waals surface area contributed by atoms with Gasteiger partial charge in [0, 0.05) is 63.4 Å². The summed E-state index contributed by atoms with van der Waals surface area (Å²) in [5.41, 5.74) is 0.278. The molecule has 10 nitrogen and oxygen atoms in total. The summed E-state index contributed by atoms with van der Waals surface area (Å²) in [4.78, 5) is 26.9. The van der Waals surface area contributed by atoms with E-state index in [0.717, 1.165) is 58.7 Å². The molecule has 2 fully saturated rings. The maximum absolute atomic E-state index is 14.4. The Balaban J connectivity index is 1.46. The van der Waals surface area contributed by atoms with E-state index in [1.54, 1.807) is 12.0 Å². The zero-order valence-corrected chi connectivity index (χ0v) is 29.0. The molecule has 250 valence electrons. The quantitative estimate of drug-likeness (QED) is 0.245. The fourth-order valence-electron chi connectivity index (χ4n) is 6.92. The first kappa shape index (κ1) is 35.3. The summed E-state index contributed by atoms with van der Waals surface area (Å²) >= 11 is 6.23. The van der Waals surface area contributed by atoms with Gasteiger partial charge in [-0.25, -0.2) is 4.39 Å². The highest BCUT2D eigenvalue weighted by molar-refractivity contribution is 6.28. The second-order valence-electron chi connectivity index (χ2n) is 13.7. The van der Waals surface area contributed by atoms with Crippen LogP contribution in [0.25, 0.3) is 0 Å². The predicted molar refractivity (Wildman–Crippen MR) is 176 cm³/mol. The molecule has 0 bridgehead atoms. The molecule has 2 aromatic rings. The van der Waals surface area contributed by atoms with Crippen molar-refractivity contribution in [3.8, 4) is 11.6 Å². The Morgan fingerprint density at radius 2 is 1.80 bits per heavy atom. The largest absolute Gasteiger partial charge is 0.434 e. The van der Waals surface area contributed by atoms with Crippen molar-refractivity contribution in [2.24, 2.45) is 11.3 Å². The summed E-state index contributed by atoms with van der Waals surface area (Å²) in [5, 5.41) is 8.19. The van der Waals surface area contributed by atoms with Crippen LogP contribution in [0.5, 0.6) is 11.6 Å². The molecule has 1 aromatic heterocycles. The van der Waals surface area contributed by atoms with Crippen molar-refractivity contribution in [2.45, 2.75) is 78.9 Å². The van der Waals surface area contributed by atoms with Crippen LogP contribution in [-0.2, 0) is 4.74 Å². The van der Waals surface area contributed by atoms with Gasteiger partial charge in [-0.2, -0.15) is 4.98 Å². The molecule has 2 aliphatic heterocycles. The highest BCUT2D eigenvalue weighted by atomic mass is 35.5. The van der Waals surface area contributed by atoms with Crippen LogP contribution < -0.4 is 9.64 Å². The summed E-state index contributed by atoms with van der Waals surface area (Å²) in [7, 11) is 3.90. The number of likely N-dealkylation sites (tertiary alicyclic amines) is 1. The molecule has 3 heterocycles. The number of hydrogen-bond donors (Lipinski definition) is 0. The van der Waals surface area contributed by atoms with Crippen molar-refractivity contribution >= 4 is 23.3 Å². The molecule has 1 aromatic carbocycles. The number of carbonyl (C=O) groups excluding carboxylic acids is 1. The van der Waals surface area contributed by atoms with Crippen LogP contribution in [0.4, 0.5) is 10.2 Å². The zero-order chi connectivity index (χ0) is 32.9. The Hall–Kier alpha value is -2.60. The number of nitrogens with zero attached hydrogens (tertiary/aromatic N) is 7. The minimum absolute atomic E-state index is 0.0186. The minimum Gasteiger partial charge on any atom is -0.434 e. The Morgan fingerprint density at radius 3 is 2.44 bits per heavy atom. The molecule has 1 atom stereocenters. The van der Waals surface area contributed by atoms with Crippen molar-refractivity contribution in [1.29, 1.82) is 0 Å². The van der Waals surface area contributed by atoms with Crippen LogP contribution >= 0.6 is 11.6 Å². The molecular weight excluding hydrogens is 597 g/mol. The molecule has 4 rings (SSSR count). The summed E-state index contributed by atoms with van der Waals surface area (Å²) in [5.74, 6) is 0.561. The van der Waals surface area contributed by atoms with Gasteiger partial charge in [0.15, 0.2) is 5.82 Å². The standard InChI is InChI=1S/C33H51ClFN7O3/c1-22(2)27(10-9-14-39(7)16-17-44-8)41-20-33(21-41)13-15-40(19-33)29-30(37-38-32(34)36-29)45-28-12-11-25(35)18-26(28)31(43)42(23(3)4)24(5)6/h11-12,18,22-24,27H,9-10,13-17,19-21H2,1-8H3/t27-/m1/s1. The van der Waals surface area contributed by atoms with Gasteiger partial charge in [-0.1, -0.05) is 13.8 Å². The summed E-state index contributed by atoms with van der Waals surface area (Å²) in [6.45, 7) is 18.8. The van der Waals surface area contributed by atoms with Gasteiger partial charge in [-0.3, -0.25) is 9.69 Å². The lowest BCUT2D eigenvalue weighted by Gasteiger charge is -2.53. The van der Waals surface area contributed by atoms with E-state index < -0.39 is 5.82 Å². The van der Waals surface area contributed by atoms with Gasteiger partial charge in [0.25, 0.3) is 11.8 Å². The molecule has 2 aliphatic rings. The Kier molecular flexibility index (Phi) is 12.0. The zero-order valence-electron chi connectivity index (χ0n) is 28.2. The van der Waals surface area contributed by atoms with Crippen LogP contribution in [0.1, 0.15) is 71.2 Å². The smallest absolute Gasteiger partial charge is 0.282 e. The summed E-state index contributed by atoms with van der Waals surface area (Å²) in [6, 6.07) is 4.32. The second kappa shape index (κ2) is 15.3. The number of hydrogen-bond acceptors (Lipinski definition) is 9. The monoisotopic (exact) mass is 647 g/mol. The number of ether oxygens (including phenoxy) is 2. The van der Waals surface area contributed by atoms with E-state index in [1.807, 2.05) is 27.7 Å². The maximum atomic E-state index is 14.4. The first-order valence-electron chi connectivity index (χ1n) is 16.2. The molecule has 0 aliphatic carbocycles. The van der Waals surface area contributed by atoms with Crippen molar-refractivity contribution in [3.63, 3.8) is 0 Å². The number of benzene rings is 1. The number of aromatic nitrogens is 3. The number of methoxy groups -OCH3 is 1. The van der Waals surface area contributed by atoms with Crippen LogP contribution in [0.15, 0.2) is 18.2 Å². The lowest BCUT2D eigenvalue weighted by molar-refractivity contribution is -0.0345. The molecule has 0 radical (unpaired) electrons. The lowest BCUT2D eigenvalue weighted by atomic mass is 9.76. The number of anilines is 1. The van der Waals surface area contributed by atoms with Crippen molar-refractivity contribution in [2.75, 3.05) is 64.9 Å². The van der Waals surface area contributed by atoms with Gasteiger partial charge in [-0.05, 0) is 96.3 Å². The van der Waals surface area contributed by atoms with Gasteiger partial charge in [0.05, 0.1) is 12.2 Å². The fourth-order valence-corrected chi connectivity index (χ4v) is 7.04. The summed E-state index contributed by atoms with van der Waals surface area (Å²) < 4.78 is 25.8. The van der Waals surface area contributed by atoms with Gasteiger partial charge in [0.2, 0.25) is 5.28 Å². The van der Waals surface area contributed by atoms with Gasteiger partial charge in [-0.15, -0.1) is 10.2 Å². The molecule has 1 amide bonds. The van der Waals surface area contributed by atoms with Crippen LogP contribution in [0.2, 0.25) is 5.28 Å². The predicted octanol–water partition coefficient (Wildman–Crippen LogP) is 5.61. The van der Waals surface area contributed by atoms with Crippen molar-refractivity contribution < 1.29 is 18.7 Å². The first-order valence-corrected chi connectivity index (χ1v) is 16.6. The molecular formula is C33H51ClFN7O3. The van der Waals surface area contributed by atoms with Crippen LogP contribution in [0.3, 0.4) is 0 Å². The second-order valence-corrected chi connectivity index (χ2v) is 14.0. The molecule has 0 saturated carbocycles. The highest BCUT2D eigenvalue weighted by Crippen LogP contribution is 2.45. The first-order chi connectivity index (χ1) is 21.3. The van der Waals surface area contributed by atoms with E-state index in [9.17, 15) is 9.18 Å². The van der Waals surface area contributed by atoms with E-state index in [4.69, 9.17) is 21.1 Å². The molecule has 0 N–H and O–H groups in total. The average molecular weight is 648 g/mol.